The average Bonchev–Trinajstić information content (AvgIpc) is 3.42. The fourth-order valence-electron chi connectivity index (χ4n) is 2.37. The molecule has 4 aromatic rings. The molecule has 1 aromatic carbocycles. The normalized spacial score (nSPS) is 10.8. The summed E-state index contributed by atoms with van der Waals surface area (Å²) >= 11 is 1.37. The highest BCUT2D eigenvalue weighted by Gasteiger charge is 2.11. The molecular weight excluding hydrogens is 380 g/mol. The van der Waals surface area contributed by atoms with Crippen LogP contribution in [0, 0.1) is 0 Å². The summed E-state index contributed by atoms with van der Waals surface area (Å²) in [5.74, 6) is 0.588. The van der Waals surface area contributed by atoms with Gasteiger partial charge < -0.3 is 9.15 Å². The van der Waals surface area contributed by atoms with Gasteiger partial charge in [0.2, 0.25) is 5.89 Å². The Morgan fingerprint density at radius 1 is 1.11 bits per heavy atom. The lowest BCUT2D eigenvalue weighted by molar-refractivity contribution is 0.0600. The van der Waals surface area contributed by atoms with Crippen LogP contribution in [0.5, 0.6) is 0 Å². The SMILES string of the molecule is COC(=O)c1ccc(-n2cc(CSc3nnc(-c4ccncc4)o3)nn2)cc1. The number of pyridine rings is 1. The molecule has 0 bridgehead atoms. The molecule has 3 aromatic heterocycles. The molecule has 0 N–H and O–H groups in total. The van der Waals surface area contributed by atoms with Crippen LogP contribution in [0.4, 0.5) is 0 Å². The summed E-state index contributed by atoms with van der Waals surface area (Å²) in [7, 11) is 1.35. The quantitative estimate of drug-likeness (QED) is 0.360. The second-order valence-corrected chi connectivity index (χ2v) is 6.52. The predicted octanol–water partition coefficient (Wildman–Crippen LogP) is 2.79. The van der Waals surface area contributed by atoms with Crippen LogP contribution in [0.1, 0.15) is 16.1 Å². The second kappa shape index (κ2) is 8.01. The number of hydrogen-bond acceptors (Lipinski definition) is 9. The Bertz CT molecular complexity index is 1080. The molecule has 0 saturated carbocycles. The lowest BCUT2D eigenvalue weighted by Gasteiger charge is -2.02. The van der Waals surface area contributed by atoms with Gasteiger partial charge in [-0.2, -0.15) is 0 Å². The number of rotatable bonds is 6. The first kappa shape index (κ1) is 17.9. The van der Waals surface area contributed by atoms with Crippen molar-refractivity contribution in [2.75, 3.05) is 7.11 Å². The van der Waals surface area contributed by atoms with E-state index in [1.54, 1.807) is 59.7 Å². The summed E-state index contributed by atoms with van der Waals surface area (Å²) in [6.45, 7) is 0. The maximum atomic E-state index is 11.5. The molecule has 28 heavy (non-hydrogen) atoms. The minimum atomic E-state index is -0.382. The molecule has 3 heterocycles. The van der Waals surface area contributed by atoms with Gasteiger partial charge in [0.05, 0.1) is 30.3 Å². The molecule has 0 amide bonds. The Balaban J connectivity index is 1.40. The van der Waals surface area contributed by atoms with Gasteiger partial charge in [-0.1, -0.05) is 17.0 Å². The van der Waals surface area contributed by atoms with E-state index >= 15 is 0 Å². The zero-order valence-electron chi connectivity index (χ0n) is 14.7. The van der Waals surface area contributed by atoms with Gasteiger partial charge in [0.15, 0.2) is 0 Å². The second-order valence-electron chi connectivity index (χ2n) is 5.59. The zero-order valence-corrected chi connectivity index (χ0v) is 15.5. The number of ether oxygens (including phenoxy) is 1. The van der Waals surface area contributed by atoms with E-state index in [-0.39, 0.29) is 5.97 Å². The van der Waals surface area contributed by atoms with Crippen LogP contribution in [-0.2, 0) is 10.5 Å². The lowest BCUT2D eigenvalue weighted by atomic mass is 10.2. The monoisotopic (exact) mass is 394 g/mol. The molecule has 9 nitrogen and oxygen atoms in total. The van der Waals surface area contributed by atoms with Crippen LogP contribution in [-0.4, -0.2) is 43.3 Å². The first-order valence-corrected chi connectivity index (χ1v) is 9.18. The van der Waals surface area contributed by atoms with E-state index in [1.807, 2.05) is 0 Å². The molecule has 4 rings (SSSR count). The summed E-state index contributed by atoms with van der Waals surface area (Å²) in [6, 6.07) is 10.5. The molecule has 0 saturated heterocycles. The number of esters is 1. The molecule has 0 spiro atoms. The smallest absolute Gasteiger partial charge is 0.337 e. The molecule has 0 aliphatic carbocycles. The predicted molar refractivity (Wildman–Crippen MR) is 99.8 cm³/mol. The fourth-order valence-corrected chi connectivity index (χ4v) is 3.01. The van der Waals surface area contributed by atoms with Crippen LogP contribution in [0.15, 0.2) is 64.6 Å². The maximum absolute atomic E-state index is 11.5. The lowest BCUT2D eigenvalue weighted by Crippen LogP contribution is -2.02. The Kier molecular flexibility index (Phi) is 5.11. The van der Waals surface area contributed by atoms with Crippen molar-refractivity contribution in [3.63, 3.8) is 0 Å². The minimum absolute atomic E-state index is 0.382. The zero-order chi connectivity index (χ0) is 19.3. The first-order valence-electron chi connectivity index (χ1n) is 8.19. The van der Waals surface area contributed by atoms with Crippen molar-refractivity contribution in [1.82, 2.24) is 30.2 Å². The molecule has 0 radical (unpaired) electrons. The molecule has 0 aliphatic heterocycles. The fraction of sp³-hybridized carbons (Fsp3) is 0.111. The number of benzene rings is 1. The van der Waals surface area contributed by atoms with Gasteiger partial charge in [0.1, 0.15) is 0 Å². The highest BCUT2D eigenvalue weighted by Crippen LogP contribution is 2.25. The summed E-state index contributed by atoms with van der Waals surface area (Å²) in [6.07, 6.45) is 5.14. The minimum Gasteiger partial charge on any atom is -0.465 e. The molecule has 0 unspecified atom stereocenters. The number of carbonyl (C=O) groups is 1. The number of methoxy groups -OCH3 is 1. The number of aromatic nitrogens is 6. The van der Waals surface area contributed by atoms with E-state index in [0.717, 1.165) is 16.9 Å². The third-order valence-electron chi connectivity index (χ3n) is 3.77. The van der Waals surface area contributed by atoms with E-state index in [0.29, 0.717) is 22.4 Å². The van der Waals surface area contributed by atoms with Crippen molar-refractivity contribution in [3.8, 4) is 17.1 Å². The van der Waals surface area contributed by atoms with Crippen molar-refractivity contribution >= 4 is 17.7 Å². The molecule has 0 atom stereocenters. The van der Waals surface area contributed by atoms with E-state index in [9.17, 15) is 4.79 Å². The Labute approximate surface area is 163 Å². The van der Waals surface area contributed by atoms with Gasteiger partial charge in [0, 0.05) is 23.7 Å². The molecule has 0 aliphatic rings. The molecule has 140 valence electrons. The van der Waals surface area contributed by atoms with Crippen molar-refractivity contribution in [3.05, 3.63) is 66.2 Å². The van der Waals surface area contributed by atoms with E-state index in [4.69, 9.17) is 9.15 Å². The van der Waals surface area contributed by atoms with Crippen molar-refractivity contribution in [2.24, 2.45) is 0 Å². The summed E-state index contributed by atoms with van der Waals surface area (Å²) in [4.78, 5) is 15.5. The van der Waals surface area contributed by atoms with Gasteiger partial charge in [-0.3, -0.25) is 4.98 Å². The number of carbonyl (C=O) groups excluding carboxylic acids is 1. The Hall–Kier alpha value is -3.53. The van der Waals surface area contributed by atoms with E-state index < -0.39 is 0 Å². The third-order valence-corrected chi connectivity index (χ3v) is 4.62. The van der Waals surface area contributed by atoms with Crippen LogP contribution in [0.2, 0.25) is 0 Å². The highest BCUT2D eigenvalue weighted by molar-refractivity contribution is 7.98. The van der Waals surface area contributed by atoms with Gasteiger partial charge >= 0.3 is 5.97 Å². The van der Waals surface area contributed by atoms with Gasteiger partial charge in [0.25, 0.3) is 5.22 Å². The first-order chi connectivity index (χ1) is 13.7. The van der Waals surface area contributed by atoms with Crippen LogP contribution >= 0.6 is 11.8 Å². The van der Waals surface area contributed by atoms with E-state index in [2.05, 4.69) is 25.5 Å². The van der Waals surface area contributed by atoms with Gasteiger partial charge in [-0.15, -0.1) is 15.3 Å². The molecule has 0 fully saturated rings. The molecule has 10 heteroatoms. The summed E-state index contributed by atoms with van der Waals surface area (Å²) in [5, 5.41) is 16.8. The summed E-state index contributed by atoms with van der Waals surface area (Å²) in [5.41, 5.74) is 2.83. The highest BCUT2D eigenvalue weighted by atomic mass is 32.2. The van der Waals surface area contributed by atoms with Gasteiger partial charge in [-0.05, 0) is 36.4 Å². The van der Waals surface area contributed by atoms with Crippen molar-refractivity contribution < 1.29 is 13.9 Å². The standard InChI is InChI=1S/C18H14N6O3S/c1-26-17(25)13-2-4-15(5-3-13)24-10-14(20-23-24)11-28-18-22-21-16(27-18)12-6-8-19-9-7-12/h2-10H,11H2,1H3. The summed E-state index contributed by atoms with van der Waals surface area (Å²) < 4.78 is 12.0. The third kappa shape index (κ3) is 3.91. The van der Waals surface area contributed by atoms with Crippen LogP contribution in [0.25, 0.3) is 17.1 Å². The topological polar surface area (TPSA) is 109 Å². The van der Waals surface area contributed by atoms with Gasteiger partial charge in [-0.25, -0.2) is 9.48 Å². The largest absolute Gasteiger partial charge is 0.465 e. The van der Waals surface area contributed by atoms with Crippen molar-refractivity contribution in [2.45, 2.75) is 11.0 Å². The maximum Gasteiger partial charge on any atom is 0.337 e. The van der Waals surface area contributed by atoms with Crippen LogP contribution in [0.3, 0.4) is 0 Å². The number of hydrogen-bond donors (Lipinski definition) is 0. The number of thioether (sulfide) groups is 1. The number of nitrogens with zero attached hydrogens (tertiary/aromatic N) is 6. The Morgan fingerprint density at radius 2 is 1.89 bits per heavy atom. The van der Waals surface area contributed by atoms with Crippen molar-refractivity contribution in [1.29, 1.82) is 0 Å². The molecular formula is C18H14N6O3S. The van der Waals surface area contributed by atoms with Crippen LogP contribution < -0.4 is 0 Å². The Morgan fingerprint density at radius 3 is 2.64 bits per heavy atom. The average molecular weight is 394 g/mol. The van der Waals surface area contributed by atoms with E-state index in [1.165, 1.54) is 18.9 Å².